The molecular formula is C21H19F2N3O4S. The van der Waals surface area contributed by atoms with Gasteiger partial charge in [-0.2, -0.15) is 4.98 Å². The molecule has 0 N–H and O–H groups in total. The maximum Gasteiger partial charge on any atom is 0.259 e. The van der Waals surface area contributed by atoms with Gasteiger partial charge in [-0.05, 0) is 49.2 Å². The highest BCUT2D eigenvalue weighted by atomic mass is 32.2. The minimum atomic E-state index is -3.29. The van der Waals surface area contributed by atoms with Crippen LogP contribution in [0.1, 0.15) is 35.0 Å². The van der Waals surface area contributed by atoms with E-state index in [9.17, 15) is 22.0 Å². The number of carbonyl (C=O) groups excluding carboxylic acids is 1. The van der Waals surface area contributed by atoms with E-state index in [1.54, 1.807) is 12.1 Å². The summed E-state index contributed by atoms with van der Waals surface area (Å²) in [5.41, 5.74) is 0.0728. The third kappa shape index (κ3) is 4.34. The number of hydrogen-bond acceptors (Lipinski definition) is 6. The number of halogens is 2. The van der Waals surface area contributed by atoms with Crippen molar-refractivity contribution < 1.29 is 26.5 Å². The van der Waals surface area contributed by atoms with Gasteiger partial charge in [0.1, 0.15) is 17.2 Å². The Bertz CT molecular complexity index is 1200. The van der Waals surface area contributed by atoms with Gasteiger partial charge in [-0.25, -0.2) is 17.2 Å². The molecule has 0 unspecified atom stereocenters. The van der Waals surface area contributed by atoms with Crippen LogP contribution in [-0.4, -0.2) is 48.7 Å². The van der Waals surface area contributed by atoms with Crippen molar-refractivity contribution in [1.29, 1.82) is 0 Å². The Balaban J connectivity index is 1.43. The maximum atomic E-state index is 13.9. The lowest BCUT2D eigenvalue weighted by Gasteiger charge is -2.30. The van der Waals surface area contributed by atoms with Gasteiger partial charge in [0.25, 0.3) is 5.91 Å². The first-order valence-electron chi connectivity index (χ1n) is 9.61. The highest BCUT2D eigenvalue weighted by Gasteiger charge is 2.30. The normalized spacial score (nSPS) is 15.3. The molecule has 1 saturated heterocycles. The van der Waals surface area contributed by atoms with Crippen molar-refractivity contribution in [1.82, 2.24) is 15.0 Å². The number of likely N-dealkylation sites (tertiary alicyclic amines) is 1. The Morgan fingerprint density at radius 3 is 2.26 bits per heavy atom. The zero-order valence-corrected chi connectivity index (χ0v) is 17.4. The van der Waals surface area contributed by atoms with Gasteiger partial charge in [0.15, 0.2) is 9.84 Å². The second-order valence-electron chi connectivity index (χ2n) is 7.42. The van der Waals surface area contributed by atoms with E-state index in [-0.39, 0.29) is 10.8 Å². The average Bonchev–Trinajstić information content (AvgIpc) is 3.23. The lowest BCUT2D eigenvalue weighted by molar-refractivity contribution is 0.0694. The van der Waals surface area contributed by atoms with E-state index in [0.29, 0.717) is 43.2 Å². The second kappa shape index (κ2) is 8.18. The van der Waals surface area contributed by atoms with Gasteiger partial charge in [-0.1, -0.05) is 11.2 Å². The number of rotatable bonds is 4. The molecule has 7 nitrogen and oxygen atoms in total. The summed E-state index contributed by atoms with van der Waals surface area (Å²) in [7, 11) is -3.29. The quantitative estimate of drug-likeness (QED) is 0.608. The lowest BCUT2D eigenvalue weighted by atomic mass is 9.96. The molecule has 4 rings (SSSR count). The van der Waals surface area contributed by atoms with Crippen LogP contribution < -0.4 is 0 Å². The molecule has 10 heteroatoms. The molecule has 1 amide bonds. The van der Waals surface area contributed by atoms with E-state index >= 15 is 0 Å². The van der Waals surface area contributed by atoms with Gasteiger partial charge in [0.05, 0.1) is 4.90 Å². The molecule has 31 heavy (non-hydrogen) atoms. The molecule has 0 radical (unpaired) electrons. The SMILES string of the molecule is CS(=O)(=O)c1ccc(-c2noc(C3CCN(C(=O)c4c(F)cccc4F)CC3)n2)cc1. The van der Waals surface area contributed by atoms with Gasteiger partial charge < -0.3 is 9.42 Å². The number of benzene rings is 2. The molecule has 3 aromatic rings. The molecular weight excluding hydrogens is 428 g/mol. The summed E-state index contributed by atoms with van der Waals surface area (Å²) in [6.07, 6.45) is 2.15. The summed E-state index contributed by atoms with van der Waals surface area (Å²) >= 11 is 0. The molecule has 1 fully saturated rings. The standard InChI is InChI=1S/C21H19F2N3O4S/c1-31(28,29)15-7-5-13(6-8-15)19-24-20(30-25-19)14-9-11-26(12-10-14)21(27)18-16(22)3-2-4-17(18)23/h2-8,14H,9-12H2,1H3. The van der Waals surface area contributed by atoms with E-state index in [1.807, 2.05) is 0 Å². The van der Waals surface area contributed by atoms with Crippen molar-refractivity contribution in [3.8, 4) is 11.4 Å². The third-order valence-electron chi connectivity index (χ3n) is 5.29. The fraction of sp³-hybridized carbons (Fsp3) is 0.286. The molecule has 1 aliphatic rings. The summed E-state index contributed by atoms with van der Waals surface area (Å²) in [5, 5.41) is 3.96. The van der Waals surface area contributed by atoms with E-state index < -0.39 is 32.9 Å². The Kier molecular flexibility index (Phi) is 5.57. The largest absolute Gasteiger partial charge is 0.339 e. The first-order chi connectivity index (χ1) is 14.7. The number of piperidine rings is 1. The van der Waals surface area contributed by atoms with E-state index in [1.165, 1.54) is 23.1 Å². The molecule has 0 atom stereocenters. The van der Waals surface area contributed by atoms with Gasteiger partial charge >= 0.3 is 0 Å². The molecule has 1 aliphatic heterocycles. The first kappa shape index (κ1) is 21.1. The molecule has 0 aliphatic carbocycles. The van der Waals surface area contributed by atoms with Crippen LogP contribution in [0.25, 0.3) is 11.4 Å². The van der Waals surface area contributed by atoms with Crippen LogP contribution in [0.2, 0.25) is 0 Å². The minimum absolute atomic E-state index is 0.0916. The molecule has 2 heterocycles. The summed E-state index contributed by atoms with van der Waals surface area (Å²) in [4.78, 5) is 18.5. The Labute approximate surface area is 177 Å². The third-order valence-corrected chi connectivity index (χ3v) is 6.42. The average molecular weight is 447 g/mol. The molecule has 0 saturated carbocycles. The molecule has 162 valence electrons. The topological polar surface area (TPSA) is 93.4 Å². The van der Waals surface area contributed by atoms with Crippen LogP contribution in [0, 0.1) is 11.6 Å². The van der Waals surface area contributed by atoms with Crippen LogP contribution in [0.15, 0.2) is 51.9 Å². The van der Waals surface area contributed by atoms with Crippen molar-refractivity contribution >= 4 is 15.7 Å². The van der Waals surface area contributed by atoms with Gasteiger partial charge in [0, 0.05) is 30.8 Å². The number of aromatic nitrogens is 2. The first-order valence-corrected chi connectivity index (χ1v) is 11.5. The lowest BCUT2D eigenvalue weighted by Crippen LogP contribution is -2.38. The minimum Gasteiger partial charge on any atom is -0.339 e. The maximum absolute atomic E-state index is 13.9. The van der Waals surface area contributed by atoms with Crippen LogP contribution in [0.3, 0.4) is 0 Å². The predicted octanol–water partition coefficient (Wildman–Crippen LogP) is 3.44. The fourth-order valence-electron chi connectivity index (χ4n) is 3.56. The molecule has 0 bridgehead atoms. The number of sulfone groups is 1. The Morgan fingerprint density at radius 2 is 1.68 bits per heavy atom. The highest BCUT2D eigenvalue weighted by Crippen LogP contribution is 2.30. The zero-order valence-electron chi connectivity index (χ0n) is 16.6. The van der Waals surface area contributed by atoms with E-state index in [4.69, 9.17) is 4.52 Å². The smallest absolute Gasteiger partial charge is 0.259 e. The Hall–Kier alpha value is -3.14. The van der Waals surface area contributed by atoms with E-state index in [2.05, 4.69) is 10.1 Å². The summed E-state index contributed by atoms with van der Waals surface area (Å²) in [6, 6.07) is 9.51. The summed E-state index contributed by atoms with van der Waals surface area (Å²) in [5.74, 6) is -1.78. The van der Waals surface area contributed by atoms with Crippen molar-refractivity contribution in [2.24, 2.45) is 0 Å². The summed E-state index contributed by atoms with van der Waals surface area (Å²) in [6.45, 7) is 0.607. The van der Waals surface area contributed by atoms with Gasteiger partial charge in [-0.15, -0.1) is 0 Å². The van der Waals surface area contributed by atoms with Crippen molar-refractivity contribution in [2.45, 2.75) is 23.7 Å². The number of nitrogens with zero attached hydrogens (tertiary/aromatic N) is 3. The van der Waals surface area contributed by atoms with Crippen LogP contribution in [-0.2, 0) is 9.84 Å². The number of hydrogen-bond donors (Lipinski definition) is 0. The van der Waals surface area contributed by atoms with Crippen LogP contribution in [0.4, 0.5) is 8.78 Å². The monoisotopic (exact) mass is 447 g/mol. The van der Waals surface area contributed by atoms with Crippen molar-refractivity contribution in [3.63, 3.8) is 0 Å². The number of amides is 1. The highest BCUT2D eigenvalue weighted by molar-refractivity contribution is 7.90. The van der Waals surface area contributed by atoms with Gasteiger partial charge in [0.2, 0.25) is 11.7 Å². The van der Waals surface area contributed by atoms with Crippen molar-refractivity contribution in [2.75, 3.05) is 19.3 Å². The number of carbonyl (C=O) groups is 1. The molecule has 0 spiro atoms. The summed E-state index contributed by atoms with van der Waals surface area (Å²) < 4.78 is 56.3. The molecule has 1 aromatic heterocycles. The fourth-order valence-corrected chi connectivity index (χ4v) is 4.19. The predicted molar refractivity (Wildman–Crippen MR) is 107 cm³/mol. The second-order valence-corrected chi connectivity index (χ2v) is 9.43. The van der Waals surface area contributed by atoms with Crippen LogP contribution >= 0.6 is 0 Å². The van der Waals surface area contributed by atoms with Crippen LogP contribution in [0.5, 0.6) is 0 Å². The van der Waals surface area contributed by atoms with E-state index in [0.717, 1.165) is 18.4 Å². The molecule has 2 aromatic carbocycles. The Morgan fingerprint density at radius 1 is 1.06 bits per heavy atom. The van der Waals surface area contributed by atoms with Crippen molar-refractivity contribution in [3.05, 3.63) is 65.6 Å². The zero-order chi connectivity index (χ0) is 22.2. The van der Waals surface area contributed by atoms with Gasteiger partial charge in [-0.3, -0.25) is 4.79 Å².